The predicted molar refractivity (Wildman–Crippen MR) is 67.3 cm³/mol. The summed E-state index contributed by atoms with van der Waals surface area (Å²) < 4.78 is 0. The Morgan fingerprint density at radius 3 is 2.56 bits per heavy atom. The van der Waals surface area contributed by atoms with Crippen molar-refractivity contribution in [1.29, 1.82) is 0 Å². The van der Waals surface area contributed by atoms with Gasteiger partial charge in [-0.2, -0.15) is 0 Å². The molecule has 0 radical (unpaired) electrons. The first-order chi connectivity index (χ1) is 7.78. The standard InChI is InChI=1S/C14H22N2/c1-2-11-5-8-14(16-10-11)9-12-3-6-13(15)7-4-12/h5,8,10,12-13H,2-4,6-7,9,15H2,1H3. The highest BCUT2D eigenvalue weighted by Crippen LogP contribution is 2.25. The number of aromatic nitrogens is 1. The van der Waals surface area contributed by atoms with Crippen LogP contribution in [0.25, 0.3) is 0 Å². The van der Waals surface area contributed by atoms with Crippen molar-refractivity contribution in [2.75, 3.05) is 0 Å². The van der Waals surface area contributed by atoms with Gasteiger partial charge in [0, 0.05) is 17.9 Å². The Morgan fingerprint density at radius 1 is 1.25 bits per heavy atom. The second-order valence-corrected chi connectivity index (χ2v) is 5.00. The quantitative estimate of drug-likeness (QED) is 0.847. The summed E-state index contributed by atoms with van der Waals surface area (Å²) in [7, 11) is 0. The third kappa shape index (κ3) is 3.05. The van der Waals surface area contributed by atoms with Crippen LogP contribution in [0.5, 0.6) is 0 Å². The van der Waals surface area contributed by atoms with Gasteiger partial charge in [-0.15, -0.1) is 0 Å². The van der Waals surface area contributed by atoms with Crippen molar-refractivity contribution < 1.29 is 0 Å². The van der Waals surface area contributed by atoms with E-state index in [1.807, 2.05) is 6.20 Å². The zero-order valence-electron chi connectivity index (χ0n) is 10.2. The summed E-state index contributed by atoms with van der Waals surface area (Å²) >= 11 is 0. The first kappa shape index (κ1) is 11.6. The first-order valence-electron chi connectivity index (χ1n) is 6.47. The van der Waals surface area contributed by atoms with Gasteiger partial charge in [-0.05, 0) is 56.1 Å². The molecule has 1 aliphatic carbocycles. The van der Waals surface area contributed by atoms with Crippen LogP contribution in [0.2, 0.25) is 0 Å². The van der Waals surface area contributed by atoms with E-state index in [1.165, 1.54) is 36.9 Å². The number of pyridine rings is 1. The highest BCUT2D eigenvalue weighted by Gasteiger charge is 2.18. The number of hydrogen-bond acceptors (Lipinski definition) is 2. The molecule has 0 unspecified atom stereocenters. The van der Waals surface area contributed by atoms with E-state index in [-0.39, 0.29) is 0 Å². The molecular formula is C14H22N2. The summed E-state index contributed by atoms with van der Waals surface area (Å²) in [5, 5.41) is 0. The summed E-state index contributed by atoms with van der Waals surface area (Å²) in [4.78, 5) is 4.53. The van der Waals surface area contributed by atoms with Gasteiger partial charge in [-0.1, -0.05) is 13.0 Å². The molecule has 1 saturated carbocycles. The number of nitrogens with zero attached hydrogens (tertiary/aromatic N) is 1. The molecule has 1 aromatic rings. The van der Waals surface area contributed by atoms with Crippen LogP contribution < -0.4 is 5.73 Å². The van der Waals surface area contributed by atoms with E-state index in [0.717, 1.165) is 18.8 Å². The molecule has 0 aromatic carbocycles. The highest BCUT2D eigenvalue weighted by molar-refractivity contribution is 5.14. The normalized spacial score (nSPS) is 25.6. The molecule has 16 heavy (non-hydrogen) atoms. The molecule has 1 aromatic heterocycles. The second kappa shape index (κ2) is 5.44. The van der Waals surface area contributed by atoms with Crippen LogP contribution in [-0.4, -0.2) is 11.0 Å². The average molecular weight is 218 g/mol. The van der Waals surface area contributed by atoms with Crippen molar-refractivity contribution in [3.63, 3.8) is 0 Å². The molecule has 0 atom stereocenters. The van der Waals surface area contributed by atoms with E-state index in [2.05, 4.69) is 24.0 Å². The topological polar surface area (TPSA) is 38.9 Å². The lowest BCUT2D eigenvalue weighted by Crippen LogP contribution is -2.27. The maximum Gasteiger partial charge on any atom is 0.0406 e. The minimum absolute atomic E-state index is 0.451. The summed E-state index contributed by atoms with van der Waals surface area (Å²) in [5.74, 6) is 0.805. The lowest BCUT2D eigenvalue weighted by atomic mass is 9.83. The molecule has 0 saturated heterocycles. The number of rotatable bonds is 3. The molecule has 0 amide bonds. The Kier molecular flexibility index (Phi) is 3.94. The molecule has 1 fully saturated rings. The van der Waals surface area contributed by atoms with Crippen LogP contribution in [0.3, 0.4) is 0 Å². The van der Waals surface area contributed by atoms with Gasteiger partial charge in [0.15, 0.2) is 0 Å². The van der Waals surface area contributed by atoms with Crippen LogP contribution in [0.4, 0.5) is 0 Å². The molecule has 2 nitrogen and oxygen atoms in total. The van der Waals surface area contributed by atoms with E-state index < -0.39 is 0 Å². The monoisotopic (exact) mass is 218 g/mol. The molecule has 2 heteroatoms. The average Bonchev–Trinajstić information content (AvgIpc) is 2.33. The minimum atomic E-state index is 0.451. The van der Waals surface area contributed by atoms with Crippen molar-refractivity contribution in [2.45, 2.75) is 51.5 Å². The lowest BCUT2D eigenvalue weighted by Gasteiger charge is -2.25. The predicted octanol–water partition coefficient (Wildman–Crippen LogP) is 2.70. The summed E-state index contributed by atoms with van der Waals surface area (Å²) in [6.07, 6.45) is 9.17. The van der Waals surface area contributed by atoms with Crippen LogP contribution >= 0.6 is 0 Å². The molecular weight excluding hydrogens is 196 g/mol. The summed E-state index contributed by atoms with van der Waals surface area (Å²) in [6, 6.07) is 4.84. The van der Waals surface area contributed by atoms with Gasteiger partial charge >= 0.3 is 0 Å². The number of aryl methyl sites for hydroxylation is 1. The Labute approximate surface area is 98.3 Å². The van der Waals surface area contributed by atoms with Gasteiger partial charge in [-0.3, -0.25) is 4.98 Å². The molecule has 0 bridgehead atoms. The lowest BCUT2D eigenvalue weighted by molar-refractivity contribution is 0.323. The van der Waals surface area contributed by atoms with Crippen LogP contribution in [0, 0.1) is 5.92 Å². The minimum Gasteiger partial charge on any atom is -0.328 e. The fraction of sp³-hybridized carbons (Fsp3) is 0.643. The molecule has 1 aliphatic rings. The van der Waals surface area contributed by atoms with E-state index in [9.17, 15) is 0 Å². The van der Waals surface area contributed by atoms with Crippen LogP contribution in [-0.2, 0) is 12.8 Å². The van der Waals surface area contributed by atoms with E-state index in [0.29, 0.717) is 6.04 Å². The first-order valence-corrected chi connectivity index (χ1v) is 6.47. The van der Waals surface area contributed by atoms with Crippen molar-refractivity contribution in [2.24, 2.45) is 11.7 Å². The van der Waals surface area contributed by atoms with E-state index in [1.54, 1.807) is 0 Å². The van der Waals surface area contributed by atoms with Gasteiger partial charge in [0.05, 0.1) is 0 Å². The third-order valence-electron chi connectivity index (χ3n) is 3.68. The summed E-state index contributed by atoms with van der Waals surface area (Å²) in [5.41, 5.74) is 8.49. The van der Waals surface area contributed by atoms with E-state index in [4.69, 9.17) is 5.73 Å². The Balaban J connectivity index is 1.88. The largest absolute Gasteiger partial charge is 0.328 e. The van der Waals surface area contributed by atoms with Crippen molar-refractivity contribution in [1.82, 2.24) is 4.98 Å². The fourth-order valence-electron chi connectivity index (χ4n) is 2.47. The van der Waals surface area contributed by atoms with E-state index >= 15 is 0 Å². The maximum absolute atomic E-state index is 5.91. The second-order valence-electron chi connectivity index (χ2n) is 5.00. The Hall–Kier alpha value is -0.890. The fourth-order valence-corrected chi connectivity index (χ4v) is 2.47. The number of nitrogens with two attached hydrogens (primary N) is 1. The van der Waals surface area contributed by atoms with Crippen molar-refractivity contribution in [3.05, 3.63) is 29.6 Å². The zero-order valence-corrected chi connectivity index (χ0v) is 10.2. The van der Waals surface area contributed by atoms with Crippen LogP contribution in [0.1, 0.15) is 43.9 Å². The number of hydrogen-bond donors (Lipinski definition) is 1. The molecule has 88 valence electrons. The Bertz CT molecular complexity index is 310. The van der Waals surface area contributed by atoms with Crippen molar-refractivity contribution in [3.8, 4) is 0 Å². The maximum atomic E-state index is 5.91. The molecule has 1 heterocycles. The molecule has 0 spiro atoms. The molecule has 0 aliphatic heterocycles. The summed E-state index contributed by atoms with van der Waals surface area (Å²) in [6.45, 7) is 2.17. The van der Waals surface area contributed by atoms with Gasteiger partial charge < -0.3 is 5.73 Å². The van der Waals surface area contributed by atoms with Gasteiger partial charge in [0.1, 0.15) is 0 Å². The SMILES string of the molecule is CCc1ccc(CC2CCC(N)CC2)nc1. The van der Waals surface area contributed by atoms with Gasteiger partial charge in [0.25, 0.3) is 0 Å². The van der Waals surface area contributed by atoms with Gasteiger partial charge in [-0.25, -0.2) is 0 Å². The molecule has 2 N–H and O–H groups in total. The van der Waals surface area contributed by atoms with Gasteiger partial charge in [0.2, 0.25) is 0 Å². The Morgan fingerprint density at radius 2 is 2.00 bits per heavy atom. The highest BCUT2D eigenvalue weighted by atomic mass is 14.7. The zero-order chi connectivity index (χ0) is 11.4. The van der Waals surface area contributed by atoms with Crippen molar-refractivity contribution >= 4 is 0 Å². The smallest absolute Gasteiger partial charge is 0.0406 e. The third-order valence-corrected chi connectivity index (χ3v) is 3.68. The van der Waals surface area contributed by atoms with Crippen LogP contribution in [0.15, 0.2) is 18.3 Å². The molecule has 2 rings (SSSR count).